The predicted octanol–water partition coefficient (Wildman–Crippen LogP) is 1.78. The third kappa shape index (κ3) is 2.24. The molecule has 4 aliphatic rings. The topological polar surface area (TPSA) is 32.5 Å². The molecule has 4 fully saturated rings. The Labute approximate surface area is 118 Å². The highest BCUT2D eigenvalue weighted by Crippen LogP contribution is 2.43. The van der Waals surface area contributed by atoms with Gasteiger partial charge in [-0.25, -0.2) is 0 Å². The molecule has 110 valence electrons. The van der Waals surface area contributed by atoms with Gasteiger partial charge in [0.15, 0.2) is 0 Å². The van der Waals surface area contributed by atoms with Crippen LogP contribution in [0.5, 0.6) is 0 Å². The molecule has 0 amide bonds. The molecule has 0 spiro atoms. The molecule has 2 unspecified atom stereocenters. The number of nitrogens with two attached hydrogens (primary N) is 1. The van der Waals surface area contributed by atoms with Crippen LogP contribution in [0.2, 0.25) is 0 Å². The van der Waals surface area contributed by atoms with Crippen molar-refractivity contribution in [3.63, 3.8) is 0 Å². The maximum absolute atomic E-state index is 6.29. The molecule has 2 atom stereocenters. The van der Waals surface area contributed by atoms with Crippen molar-refractivity contribution in [3.8, 4) is 0 Å². The molecule has 3 nitrogen and oxygen atoms in total. The summed E-state index contributed by atoms with van der Waals surface area (Å²) in [5.74, 6) is 1.69. The van der Waals surface area contributed by atoms with Crippen LogP contribution < -0.4 is 5.73 Å². The Morgan fingerprint density at radius 3 is 2.21 bits per heavy atom. The molecule has 2 N–H and O–H groups in total. The highest BCUT2D eigenvalue weighted by molar-refractivity contribution is 5.08. The number of hydrogen-bond acceptors (Lipinski definition) is 3. The summed E-state index contributed by atoms with van der Waals surface area (Å²) in [7, 11) is 0. The molecule has 0 aromatic carbocycles. The maximum atomic E-state index is 6.29. The first-order valence-electron chi connectivity index (χ1n) is 8.13. The molecular formula is C16H31N3. The van der Waals surface area contributed by atoms with Crippen LogP contribution in [-0.4, -0.2) is 54.6 Å². The average Bonchev–Trinajstić information content (AvgIpc) is 2.89. The van der Waals surface area contributed by atoms with Crippen LogP contribution in [0.25, 0.3) is 0 Å². The Bertz CT molecular complexity index is 327. The van der Waals surface area contributed by atoms with Crippen molar-refractivity contribution < 1.29 is 0 Å². The number of hydrogen-bond donors (Lipinski definition) is 1. The molecule has 4 rings (SSSR count). The maximum Gasteiger partial charge on any atom is 0.0487 e. The smallest absolute Gasteiger partial charge is 0.0487 e. The van der Waals surface area contributed by atoms with E-state index in [2.05, 4.69) is 30.6 Å². The number of piperidine rings is 3. The second-order valence-corrected chi connectivity index (χ2v) is 8.16. The zero-order chi connectivity index (χ0) is 13.7. The Hall–Kier alpha value is -0.120. The molecule has 4 saturated heterocycles. The summed E-state index contributed by atoms with van der Waals surface area (Å²) in [4.78, 5) is 5.43. The van der Waals surface area contributed by atoms with Gasteiger partial charge >= 0.3 is 0 Å². The minimum absolute atomic E-state index is 0.302. The van der Waals surface area contributed by atoms with Gasteiger partial charge in [0.1, 0.15) is 0 Å². The summed E-state index contributed by atoms with van der Waals surface area (Å²) in [5, 5.41) is 0. The van der Waals surface area contributed by atoms with E-state index in [1.165, 1.54) is 52.0 Å². The van der Waals surface area contributed by atoms with Crippen molar-refractivity contribution in [1.82, 2.24) is 9.80 Å². The largest absolute Gasteiger partial charge is 0.329 e. The van der Waals surface area contributed by atoms with Gasteiger partial charge in [-0.15, -0.1) is 0 Å². The van der Waals surface area contributed by atoms with Gasteiger partial charge in [0.05, 0.1) is 0 Å². The second-order valence-electron chi connectivity index (χ2n) is 8.16. The van der Waals surface area contributed by atoms with E-state index in [1.807, 2.05) is 0 Å². The van der Waals surface area contributed by atoms with Crippen molar-refractivity contribution in [1.29, 1.82) is 0 Å². The molecule has 0 saturated carbocycles. The highest BCUT2D eigenvalue weighted by Gasteiger charge is 2.51. The molecule has 0 radical (unpaired) electrons. The zero-order valence-corrected chi connectivity index (χ0v) is 13.0. The van der Waals surface area contributed by atoms with Gasteiger partial charge in [-0.1, -0.05) is 20.8 Å². The summed E-state index contributed by atoms with van der Waals surface area (Å²) >= 11 is 0. The van der Waals surface area contributed by atoms with Gasteiger partial charge in [0, 0.05) is 25.2 Å². The monoisotopic (exact) mass is 265 g/mol. The standard InChI is InChI=1S/C16H31N3/c1-15(2,3)14-6-9-19(10-14)16(11-17)12-18-7-4-13(16)5-8-18/h13-14H,4-12,17H2,1-3H3. The lowest BCUT2D eigenvalue weighted by Gasteiger charge is -2.57. The molecular weight excluding hydrogens is 234 g/mol. The number of nitrogens with zero attached hydrogens (tertiary/aromatic N) is 2. The molecule has 2 bridgehead atoms. The fraction of sp³-hybridized carbons (Fsp3) is 1.00. The van der Waals surface area contributed by atoms with Gasteiger partial charge < -0.3 is 10.6 Å². The molecule has 19 heavy (non-hydrogen) atoms. The van der Waals surface area contributed by atoms with E-state index >= 15 is 0 Å². The van der Waals surface area contributed by atoms with Gasteiger partial charge in [-0.3, -0.25) is 4.90 Å². The van der Waals surface area contributed by atoms with Gasteiger partial charge in [-0.05, 0) is 56.1 Å². The highest BCUT2D eigenvalue weighted by atomic mass is 15.3. The van der Waals surface area contributed by atoms with Crippen molar-refractivity contribution in [3.05, 3.63) is 0 Å². The van der Waals surface area contributed by atoms with Crippen molar-refractivity contribution in [2.75, 3.05) is 39.3 Å². The lowest BCUT2D eigenvalue weighted by Crippen LogP contribution is -2.69. The van der Waals surface area contributed by atoms with Crippen LogP contribution in [0.1, 0.15) is 40.0 Å². The Kier molecular flexibility index (Phi) is 3.43. The number of rotatable bonds is 2. The van der Waals surface area contributed by atoms with E-state index in [0.29, 0.717) is 11.0 Å². The van der Waals surface area contributed by atoms with Crippen LogP contribution in [0.4, 0.5) is 0 Å². The minimum Gasteiger partial charge on any atom is -0.329 e. The summed E-state index contributed by atoms with van der Waals surface area (Å²) in [6.45, 7) is 14.4. The summed E-state index contributed by atoms with van der Waals surface area (Å²) in [5.41, 5.74) is 7.04. The van der Waals surface area contributed by atoms with E-state index in [-0.39, 0.29) is 0 Å². The van der Waals surface area contributed by atoms with Crippen molar-refractivity contribution in [2.24, 2.45) is 23.0 Å². The van der Waals surface area contributed by atoms with Gasteiger partial charge in [-0.2, -0.15) is 0 Å². The molecule has 0 aliphatic carbocycles. The first-order valence-corrected chi connectivity index (χ1v) is 8.13. The van der Waals surface area contributed by atoms with Crippen LogP contribution in [-0.2, 0) is 0 Å². The van der Waals surface area contributed by atoms with E-state index in [4.69, 9.17) is 5.73 Å². The van der Waals surface area contributed by atoms with E-state index in [0.717, 1.165) is 18.4 Å². The Morgan fingerprint density at radius 2 is 1.79 bits per heavy atom. The van der Waals surface area contributed by atoms with E-state index in [9.17, 15) is 0 Å². The average molecular weight is 265 g/mol. The fourth-order valence-corrected chi connectivity index (χ4v) is 4.73. The fourth-order valence-electron chi connectivity index (χ4n) is 4.73. The minimum atomic E-state index is 0.302. The number of fused-ring (bicyclic) bond motifs is 3. The summed E-state index contributed by atoms with van der Waals surface area (Å²) < 4.78 is 0. The van der Waals surface area contributed by atoms with Gasteiger partial charge in [0.2, 0.25) is 0 Å². The van der Waals surface area contributed by atoms with Crippen LogP contribution in [0.15, 0.2) is 0 Å². The second kappa shape index (κ2) is 4.71. The molecule has 0 aromatic heterocycles. The Morgan fingerprint density at radius 1 is 1.11 bits per heavy atom. The van der Waals surface area contributed by atoms with Crippen LogP contribution in [0.3, 0.4) is 0 Å². The normalized spacial score (nSPS) is 43.9. The van der Waals surface area contributed by atoms with E-state index < -0.39 is 0 Å². The molecule has 4 aliphatic heterocycles. The molecule has 0 aromatic rings. The van der Waals surface area contributed by atoms with Crippen LogP contribution in [0, 0.1) is 17.3 Å². The predicted molar refractivity (Wildman–Crippen MR) is 80.1 cm³/mol. The van der Waals surface area contributed by atoms with Crippen LogP contribution >= 0.6 is 0 Å². The third-order valence-corrected chi connectivity index (χ3v) is 6.24. The van der Waals surface area contributed by atoms with E-state index in [1.54, 1.807) is 0 Å². The van der Waals surface area contributed by atoms with Gasteiger partial charge in [0.25, 0.3) is 0 Å². The Balaban J connectivity index is 1.77. The van der Waals surface area contributed by atoms with Crippen molar-refractivity contribution in [2.45, 2.75) is 45.6 Å². The molecule has 4 heterocycles. The zero-order valence-electron chi connectivity index (χ0n) is 13.0. The first kappa shape index (κ1) is 13.8. The lowest BCUT2D eigenvalue weighted by atomic mass is 9.71. The first-order chi connectivity index (χ1) is 8.95. The summed E-state index contributed by atoms with van der Waals surface area (Å²) in [6, 6.07) is 0. The number of likely N-dealkylation sites (tertiary alicyclic amines) is 1. The quantitative estimate of drug-likeness (QED) is 0.826. The molecule has 3 heteroatoms. The lowest BCUT2D eigenvalue weighted by molar-refractivity contribution is -0.0604. The van der Waals surface area contributed by atoms with Crippen molar-refractivity contribution >= 4 is 0 Å². The summed E-state index contributed by atoms with van der Waals surface area (Å²) in [6.07, 6.45) is 4.10. The third-order valence-electron chi connectivity index (χ3n) is 6.24. The SMILES string of the molecule is CC(C)(C)C1CCN(C2(CN)CN3CCC2CC3)C1.